The molecule has 30 heavy (non-hydrogen) atoms. The van der Waals surface area contributed by atoms with Gasteiger partial charge in [-0.15, -0.1) is 11.3 Å². The number of thiophene rings is 1. The highest BCUT2D eigenvalue weighted by Gasteiger charge is 2.22. The van der Waals surface area contributed by atoms with Crippen LogP contribution in [0.3, 0.4) is 0 Å². The number of aromatic nitrogens is 2. The first-order valence-corrected chi connectivity index (χ1v) is 11.8. The number of thioether (sulfide) groups is 1. The van der Waals surface area contributed by atoms with Crippen LogP contribution in [0.1, 0.15) is 29.7 Å². The predicted octanol–water partition coefficient (Wildman–Crippen LogP) is 3.91. The third-order valence-corrected chi connectivity index (χ3v) is 7.50. The van der Waals surface area contributed by atoms with E-state index in [2.05, 4.69) is 6.07 Å². The van der Waals surface area contributed by atoms with Crippen molar-refractivity contribution in [3.63, 3.8) is 0 Å². The van der Waals surface area contributed by atoms with Crippen LogP contribution in [0, 0.1) is 11.3 Å². The maximum atomic E-state index is 13.0. The molecule has 0 saturated heterocycles. The van der Waals surface area contributed by atoms with E-state index < -0.39 is 0 Å². The number of hydrogen-bond donors (Lipinski definition) is 0. The molecular weight excluding hydrogens is 416 g/mol. The molecule has 8 heteroatoms. The van der Waals surface area contributed by atoms with E-state index in [0.29, 0.717) is 11.7 Å². The van der Waals surface area contributed by atoms with Crippen molar-refractivity contribution < 1.29 is 4.79 Å². The lowest BCUT2D eigenvalue weighted by Gasteiger charge is -2.21. The van der Waals surface area contributed by atoms with Crippen LogP contribution in [0.2, 0.25) is 0 Å². The van der Waals surface area contributed by atoms with Crippen molar-refractivity contribution in [2.45, 2.75) is 37.3 Å². The molecule has 0 unspecified atom stereocenters. The number of aryl methyl sites for hydroxylation is 2. The minimum atomic E-state index is -0.110. The van der Waals surface area contributed by atoms with Gasteiger partial charge in [0.05, 0.1) is 23.6 Å². The summed E-state index contributed by atoms with van der Waals surface area (Å²) in [5.74, 6) is 0.0401. The van der Waals surface area contributed by atoms with Gasteiger partial charge in [0, 0.05) is 24.2 Å². The lowest BCUT2D eigenvalue weighted by atomic mass is 9.97. The van der Waals surface area contributed by atoms with Gasteiger partial charge in [-0.1, -0.05) is 30.0 Å². The quantitative estimate of drug-likeness (QED) is 0.431. The van der Waals surface area contributed by atoms with E-state index >= 15 is 0 Å². The molecule has 0 bridgehead atoms. The Hall–Kier alpha value is -2.63. The average molecular weight is 439 g/mol. The summed E-state index contributed by atoms with van der Waals surface area (Å²) < 4.78 is 1.56. The maximum absolute atomic E-state index is 13.0. The molecule has 1 aliphatic rings. The number of rotatable bonds is 6. The second-order valence-electron chi connectivity index (χ2n) is 7.23. The van der Waals surface area contributed by atoms with Gasteiger partial charge in [-0.3, -0.25) is 14.2 Å². The average Bonchev–Trinajstić information content (AvgIpc) is 3.14. The van der Waals surface area contributed by atoms with Crippen LogP contribution in [-0.2, 0) is 24.7 Å². The Labute approximate surface area is 183 Å². The molecule has 0 N–H and O–H groups in total. The van der Waals surface area contributed by atoms with Gasteiger partial charge in [0.25, 0.3) is 5.56 Å². The largest absolute Gasteiger partial charge is 0.311 e. The third kappa shape index (κ3) is 4.00. The van der Waals surface area contributed by atoms with Crippen LogP contribution in [-0.4, -0.2) is 27.8 Å². The minimum absolute atomic E-state index is 0.0289. The number of nitriles is 1. The summed E-state index contributed by atoms with van der Waals surface area (Å²) in [5.41, 5.74) is 1.91. The number of nitrogens with zero attached hydrogens (tertiary/aromatic N) is 4. The Bertz CT molecular complexity index is 1180. The first-order valence-electron chi connectivity index (χ1n) is 9.96. The Morgan fingerprint density at radius 1 is 1.30 bits per heavy atom. The molecule has 2 heterocycles. The number of anilines is 1. The summed E-state index contributed by atoms with van der Waals surface area (Å²) >= 11 is 2.89. The van der Waals surface area contributed by atoms with E-state index in [-0.39, 0.29) is 23.6 Å². The molecule has 0 aliphatic heterocycles. The molecule has 0 atom stereocenters. The second-order valence-corrected chi connectivity index (χ2v) is 9.25. The zero-order valence-corrected chi connectivity index (χ0v) is 18.4. The normalized spacial score (nSPS) is 13.1. The van der Waals surface area contributed by atoms with E-state index in [1.54, 1.807) is 27.9 Å². The van der Waals surface area contributed by atoms with Gasteiger partial charge in [0.2, 0.25) is 5.91 Å². The smallest absolute Gasteiger partial charge is 0.262 e. The van der Waals surface area contributed by atoms with Crippen LogP contribution in [0.15, 0.2) is 40.3 Å². The number of carbonyl (C=O) groups is 1. The number of fused-ring (bicyclic) bond motifs is 3. The molecule has 154 valence electrons. The summed E-state index contributed by atoms with van der Waals surface area (Å²) in [6.45, 7) is 0.336. The van der Waals surface area contributed by atoms with Crippen LogP contribution in [0.4, 0.5) is 5.69 Å². The van der Waals surface area contributed by atoms with E-state index in [1.807, 2.05) is 30.3 Å². The molecule has 4 rings (SSSR count). The highest BCUT2D eigenvalue weighted by atomic mass is 32.2. The molecule has 1 aromatic carbocycles. The first-order chi connectivity index (χ1) is 14.6. The number of para-hydroxylation sites is 1. The Morgan fingerprint density at radius 3 is 2.83 bits per heavy atom. The van der Waals surface area contributed by atoms with E-state index in [1.165, 1.54) is 22.2 Å². The highest BCUT2D eigenvalue weighted by Crippen LogP contribution is 2.34. The number of benzene rings is 1. The van der Waals surface area contributed by atoms with Crippen LogP contribution < -0.4 is 10.5 Å². The number of hydrogen-bond acceptors (Lipinski definition) is 6. The van der Waals surface area contributed by atoms with Gasteiger partial charge in [-0.25, -0.2) is 4.98 Å². The van der Waals surface area contributed by atoms with Gasteiger partial charge in [-0.05, 0) is 43.4 Å². The zero-order valence-electron chi connectivity index (χ0n) is 16.8. The minimum Gasteiger partial charge on any atom is -0.311 e. The summed E-state index contributed by atoms with van der Waals surface area (Å²) in [6.07, 6.45) is 4.50. The van der Waals surface area contributed by atoms with Crippen molar-refractivity contribution in [3.05, 3.63) is 51.1 Å². The molecular formula is C22H22N4O2S2. The van der Waals surface area contributed by atoms with Crippen molar-refractivity contribution in [2.24, 2.45) is 7.05 Å². The fraction of sp³-hybridized carbons (Fsp3) is 0.364. The Kier molecular flexibility index (Phi) is 6.21. The molecule has 6 nitrogen and oxygen atoms in total. The van der Waals surface area contributed by atoms with E-state index in [0.717, 1.165) is 41.6 Å². The summed E-state index contributed by atoms with van der Waals surface area (Å²) in [7, 11) is 1.72. The van der Waals surface area contributed by atoms with Gasteiger partial charge in [0.15, 0.2) is 5.16 Å². The van der Waals surface area contributed by atoms with Gasteiger partial charge in [0.1, 0.15) is 4.83 Å². The Balaban J connectivity index is 1.58. The summed E-state index contributed by atoms with van der Waals surface area (Å²) in [6, 6.07) is 11.4. The first kappa shape index (κ1) is 20.6. The number of carbonyl (C=O) groups excluding carboxylic acids is 1. The fourth-order valence-corrected chi connectivity index (χ4v) is 5.92. The van der Waals surface area contributed by atoms with Crippen molar-refractivity contribution in [1.82, 2.24) is 9.55 Å². The second kappa shape index (κ2) is 9.02. The molecule has 0 fully saturated rings. The molecule has 0 radical (unpaired) electrons. The lowest BCUT2D eigenvalue weighted by molar-refractivity contribution is -0.116. The topological polar surface area (TPSA) is 79.0 Å². The molecule has 0 spiro atoms. The van der Waals surface area contributed by atoms with Gasteiger partial charge >= 0.3 is 0 Å². The van der Waals surface area contributed by atoms with Crippen molar-refractivity contribution in [3.8, 4) is 6.07 Å². The van der Waals surface area contributed by atoms with E-state index in [4.69, 9.17) is 10.2 Å². The zero-order chi connectivity index (χ0) is 21.1. The standard InChI is InChI=1S/C22H22N4O2S2/c1-25-21(28)19-16-10-5-6-11-17(16)30-20(19)24-22(25)29-14-18(27)26(13-7-12-23)15-8-3-2-4-9-15/h2-4,8-9H,5-7,10-11,13-14H2,1H3. The third-order valence-electron chi connectivity index (χ3n) is 5.30. The van der Waals surface area contributed by atoms with Crippen LogP contribution >= 0.6 is 23.1 Å². The predicted molar refractivity (Wildman–Crippen MR) is 121 cm³/mol. The fourth-order valence-electron chi connectivity index (χ4n) is 3.77. The molecule has 0 saturated carbocycles. The number of amides is 1. The maximum Gasteiger partial charge on any atom is 0.262 e. The van der Waals surface area contributed by atoms with Gasteiger partial charge in [-0.2, -0.15) is 5.26 Å². The van der Waals surface area contributed by atoms with Crippen molar-refractivity contribution in [1.29, 1.82) is 5.26 Å². The van der Waals surface area contributed by atoms with Gasteiger partial charge < -0.3 is 4.90 Å². The monoisotopic (exact) mass is 438 g/mol. The highest BCUT2D eigenvalue weighted by molar-refractivity contribution is 7.99. The summed E-state index contributed by atoms with van der Waals surface area (Å²) in [4.78, 5) is 34.3. The molecule has 2 aromatic heterocycles. The van der Waals surface area contributed by atoms with E-state index in [9.17, 15) is 9.59 Å². The van der Waals surface area contributed by atoms with Crippen molar-refractivity contribution in [2.75, 3.05) is 17.2 Å². The lowest BCUT2D eigenvalue weighted by Crippen LogP contribution is -2.33. The van der Waals surface area contributed by atoms with Crippen molar-refractivity contribution >= 4 is 44.9 Å². The molecule has 3 aromatic rings. The van der Waals surface area contributed by atoms with Crippen LogP contribution in [0.5, 0.6) is 0 Å². The SMILES string of the molecule is Cn1c(SCC(=O)N(CCC#N)c2ccccc2)nc2sc3c(c2c1=O)CCCC3. The molecule has 1 aliphatic carbocycles. The summed E-state index contributed by atoms with van der Waals surface area (Å²) in [5, 5.41) is 10.3. The molecule has 1 amide bonds. The Morgan fingerprint density at radius 2 is 2.07 bits per heavy atom. The van der Waals surface area contributed by atoms with Crippen LogP contribution in [0.25, 0.3) is 10.2 Å².